The quantitative estimate of drug-likeness (QED) is 0.806. The number of likely N-dealkylation sites (tertiary alicyclic amines) is 1. The summed E-state index contributed by atoms with van der Waals surface area (Å²) >= 11 is 0. The highest BCUT2D eigenvalue weighted by molar-refractivity contribution is 5.94. The summed E-state index contributed by atoms with van der Waals surface area (Å²) in [7, 11) is 0. The van der Waals surface area contributed by atoms with E-state index in [9.17, 15) is 13.6 Å². The van der Waals surface area contributed by atoms with Crippen molar-refractivity contribution in [3.63, 3.8) is 0 Å². The molecule has 1 fully saturated rings. The normalized spacial score (nSPS) is 20.1. The highest BCUT2D eigenvalue weighted by Gasteiger charge is 2.25. The van der Waals surface area contributed by atoms with E-state index in [4.69, 9.17) is 0 Å². The van der Waals surface area contributed by atoms with Crippen molar-refractivity contribution < 1.29 is 13.6 Å². The van der Waals surface area contributed by atoms with Crippen molar-refractivity contribution >= 4 is 5.91 Å². The van der Waals surface area contributed by atoms with Gasteiger partial charge >= 0.3 is 0 Å². The molecule has 1 unspecified atom stereocenters. The predicted octanol–water partition coefficient (Wildman–Crippen LogP) is 3.86. The average molecular weight is 281 g/mol. The molecule has 2 rings (SSSR count). The molecule has 1 saturated heterocycles. The number of halogens is 2. The topological polar surface area (TPSA) is 20.3 Å². The summed E-state index contributed by atoms with van der Waals surface area (Å²) < 4.78 is 26.9. The fourth-order valence-electron chi connectivity index (χ4n) is 2.83. The van der Waals surface area contributed by atoms with Gasteiger partial charge in [0.15, 0.2) is 11.6 Å². The first-order chi connectivity index (χ1) is 9.50. The second-order valence-corrected chi connectivity index (χ2v) is 5.83. The maximum absolute atomic E-state index is 13.7. The van der Waals surface area contributed by atoms with E-state index >= 15 is 0 Å². The van der Waals surface area contributed by atoms with Crippen LogP contribution in [0.4, 0.5) is 8.78 Å². The van der Waals surface area contributed by atoms with Crippen LogP contribution in [0.2, 0.25) is 0 Å². The molecule has 0 bridgehead atoms. The van der Waals surface area contributed by atoms with E-state index in [1.165, 1.54) is 12.1 Å². The van der Waals surface area contributed by atoms with Crippen molar-refractivity contribution in [1.82, 2.24) is 4.90 Å². The van der Waals surface area contributed by atoms with Crippen LogP contribution in [0.5, 0.6) is 0 Å². The number of carbonyl (C=O) groups is 1. The highest BCUT2D eigenvalue weighted by atomic mass is 19.2. The zero-order chi connectivity index (χ0) is 14.7. The molecule has 4 heteroatoms. The van der Waals surface area contributed by atoms with Crippen molar-refractivity contribution in [2.24, 2.45) is 11.8 Å². The van der Waals surface area contributed by atoms with E-state index < -0.39 is 17.5 Å². The van der Waals surface area contributed by atoms with Gasteiger partial charge in [-0.2, -0.15) is 0 Å². The fourth-order valence-corrected chi connectivity index (χ4v) is 2.83. The van der Waals surface area contributed by atoms with Gasteiger partial charge in [0.05, 0.1) is 5.56 Å². The Morgan fingerprint density at radius 2 is 2.00 bits per heavy atom. The molecule has 20 heavy (non-hydrogen) atoms. The van der Waals surface area contributed by atoms with Crippen LogP contribution in [0.1, 0.15) is 43.5 Å². The smallest absolute Gasteiger partial charge is 0.256 e. The van der Waals surface area contributed by atoms with E-state index in [0.717, 1.165) is 25.3 Å². The van der Waals surface area contributed by atoms with E-state index in [-0.39, 0.29) is 5.56 Å². The van der Waals surface area contributed by atoms with Gasteiger partial charge in [-0.05, 0) is 43.2 Å². The summed E-state index contributed by atoms with van der Waals surface area (Å²) in [6, 6.07) is 3.76. The Labute approximate surface area is 118 Å². The lowest BCUT2D eigenvalue weighted by molar-refractivity contribution is 0.0753. The van der Waals surface area contributed by atoms with Crippen LogP contribution >= 0.6 is 0 Å². The molecule has 1 aliphatic rings. The fraction of sp³-hybridized carbons (Fsp3) is 0.562. The molecule has 0 radical (unpaired) electrons. The number of hydrogen-bond donors (Lipinski definition) is 0. The predicted molar refractivity (Wildman–Crippen MR) is 74.4 cm³/mol. The molecule has 0 saturated carbocycles. The van der Waals surface area contributed by atoms with Crippen LogP contribution in [-0.4, -0.2) is 23.9 Å². The number of rotatable bonds is 2. The third-order valence-corrected chi connectivity index (χ3v) is 4.18. The van der Waals surface area contributed by atoms with Gasteiger partial charge in [-0.25, -0.2) is 8.78 Å². The minimum atomic E-state index is -1.04. The van der Waals surface area contributed by atoms with Crippen LogP contribution in [-0.2, 0) is 0 Å². The van der Waals surface area contributed by atoms with Gasteiger partial charge in [0.2, 0.25) is 0 Å². The molecule has 0 aliphatic carbocycles. The Hall–Kier alpha value is -1.45. The molecular weight excluding hydrogens is 260 g/mol. The van der Waals surface area contributed by atoms with Crippen LogP contribution in [0.25, 0.3) is 0 Å². The summed E-state index contributed by atoms with van der Waals surface area (Å²) in [6.45, 7) is 5.62. The van der Waals surface area contributed by atoms with Crippen molar-refractivity contribution in [2.45, 2.75) is 33.1 Å². The minimum absolute atomic E-state index is 0.159. The molecule has 1 aromatic carbocycles. The van der Waals surface area contributed by atoms with E-state index in [1.807, 2.05) is 0 Å². The molecule has 1 aromatic rings. The van der Waals surface area contributed by atoms with Crippen molar-refractivity contribution in [2.75, 3.05) is 13.1 Å². The lowest BCUT2D eigenvalue weighted by Crippen LogP contribution is -2.33. The molecule has 0 spiro atoms. The van der Waals surface area contributed by atoms with Crippen LogP contribution in [0.15, 0.2) is 18.2 Å². The van der Waals surface area contributed by atoms with E-state index in [2.05, 4.69) is 13.8 Å². The number of hydrogen-bond acceptors (Lipinski definition) is 1. The molecule has 0 aromatic heterocycles. The van der Waals surface area contributed by atoms with Crippen molar-refractivity contribution in [1.29, 1.82) is 0 Å². The summed E-state index contributed by atoms with van der Waals surface area (Å²) in [4.78, 5) is 14.0. The Balaban J connectivity index is 2.11. The van der Waals surface area contributed by atoms with E-state index in [0.29, 0.717) is 24.9 Å². The Morgan fingerprint density at radius 3 is 2.70 bits per heavy atom. The Kier molecular flexibility index (Phi) is 4.73. The monoisotopic (exact) mass is 281 g/mol. The first-order valence-electron chi connectivity index (χ1n) is 7.24. The lowest BCUT2D eigenvalue weighted by Gasteiger charge is -2.22. The largest absolute Gasteiger partial charge is 0.339 e. The highest BCUT2D eigenvalue weighted by Crippen LogP contribution is 2.25. The van der Waals surface area contributed by atoms with Gasteiger partial charge in [0, 0.05) is 13.1 Å². The van der Waals surface area contributed by atoms with Crippen molar-refractivity contribution in [3.05, 3.63) is 35.4 Å². The molecule has 1 heterocycles. The van der Waals surface area contributed by atoms with Gasteiger partial charge in [0.1, 0.15) is 0 Å². The van der Waals surface area contributed by atoms with Gasteiger partial charge in [0.25, 0.3) is 5.91 Å². The average Bonchev–Trinajstić information content (AvgIpc) is 2.67. The third kappa shape index (κ3) is 3.17. The minimum Gasteiger partial charge on any atom is -0.339 e. The summed E-state index contributed by atoms with van der Waals surface area (Å²) in [5.41, 5.74) is -0.159. The van der Waals surface area contributed by atoms with Crippen molar-refractivity contribution in [3.8, 4) is 0 Å². The number of benzene rings is 1. The molecule has 1 atom stereocenters. The summed E-state index contributed by atoms with van der Waals surface area (Å²) in [5.74, 6) is -1.21. The maximum atomic E-state index is 13.7. The van der Waals surface area contributed by atoms with Crippen LogP contribution < -0.4 is 0 Å². The first-order valence-corrected chi connectivity index (χ1v) is 7.24. The number of carbonyl (C=O) groups excluding carboxylic acids is 1. The van der Waals surface area contributed by atoms with Gasteiger partial charge in [-0.15, -0.1) is 0 Å². The third-order valence-electron chi connectivity index (χ3n) is 4.18. The number of nitrogens with zero attached hydrogens (tertiary/aromatic N) is 1. The van der Waals surface area contributed by atoms with E-state index in [1.54, 1.807) is 4.90 Å². The van der Waals surface area contributed by atoms with Gasteiger partial charge < -0.3 is 4.90 Å². The SMILES string of the molecule is CC(C)C1CCCN(C(=O)c2cccc(F)c2F)CC1. The van der Waals surface area contributed by atoms with Crippen LogP contribution in [0, 0.1) is 23.5 Å². The van der Waals surface area contributed by atoms with Gasteiger partial charge in [-0.1, -0.05) is 19.9 Å². The maximum Gasteiger partial charge on any atom is 0.256 e. The van der Waals surface area contributed by atoms with Gasteiger partial charge in [-0.3, -0.25) is 4.79 Å². The zero-order valence-electron chi connectivity index (χ0n) is 12.0. The summed E-state index contributed by atoms with van der Waals surface area (Å²) in [6.07, 6.45) is 2.94. The lowest BCUT2D eigenvalue weighted by atomic mass is 9.89. The van der Waals surface area contributed by atoms with Crippen LogP contribution in [0.3, 0.4) is 0 Å². The second-order valence-electron chi connectivity index (χ2n) is 5.83. The molecule has 2 nitrogen and oxygen atoms in total. The standard InChI is InChI=1S/C16H21F2NO/c1-11(2)12-5-4-9-19(10-8-12)16(20)13-6-3-7-14(17)15(13)18/h3,6-7,11-12H,4-5,8-10H2,1-2H3. The molecule has 1 amide bonds. The zero-order valence-corrected chi connectivity index (χ0v) is 12.0. The molecule has 1 aliphatic heterocycles. The first kappa shape index (κ1) is 14.9. The Morgan fingerprint density at radius 1 is 1.25 bits per heavy atom. The molecule has 110 valence electrons. The Bertz CT molecular complexity index is 487. The number of amides is 1. The second kappa shape index (κ2) is 6.33. The summed E-state index contributed by atoms with van der Waals surface area (Å²) in [5, 5.41) is 0. The molecular formula is C16H21F2NO. The molecule has 0 N–H and O–H groups in total.